The lowest BCUT2D eigenvalue weighted by Crippen LogP contribution is -2.34. The van der Waals surface area contributed by atoms with Gasteiger partial charge in [0.05, 0.1) is 13.0 Å². The van der Waals surface area contributed by atoms with Crippen LogP contribution in [0.3, 0.4) is 0 Å². The van der Waals surface area contributed by atoms with E-state index >= 15 is 0 Å². The number of aliphatic hydroxyl groups excluding tert-OH is 1. The Kier molecular flexibility index (Phi) is 9.74. The number of hydrogen-bond donors (Lipinski definition) is 2. The molecule has 204 valence electrons. The fourth-order valence-corrected chi connectivity index (χ4v) is 4.52. The molecule has 4 aromatic rings. The van der Waals surface area contributed by atoms with Crippen molar-refractivity contribution < 1.29 is 24.6 Å². The van der Waals surface area contributed by atoms with E-state index in [9.17, 15) is 24.6 Å². The number of amides is 2. The summed E-state index contributed by atoms with van der Waals surface area (Å²) in [6, 6.07) is 27.2. The third kappa shape index (κ3) is 7.18. The van der Waals surface area contributed by atoms with Crippen LogP contribution in [0.25, 0.3) is 11.1 Å². The smallest absolute Gasteiger partial charge is 0.305 e. The van der Waals surface area contributed by atoms with E-state index in [0.29, 0.717) is 28.8 Å². The molecular weight excluding hydrogens is 506 g/mol. The average molecular weight is 538 g/mol. The highest BCUT2D eigenvalue weighted by Gasteiger charge is 2.24. The molecule has 0 fully saturated rings. The maximum Gasteiger partial charge on any atom is 0.305 e. The second kappa shape index (κ2) is 13.8. The van der Waals surface area contributed by atoms with Crippen LogP contribution in [-0.4, -0.2) is 62.5 Å². The Bertz CT molecular complexity index is 1440. The monoisotopic (exact) mass is 537 g/mol. The molecule has 8 nitrogen and oxygen atoms in total. The number of aromatic nitrogens is 1. The van der Waals surface area contributed by atoms with Gasteiger partial charge in [0.2, 0.25) is 0 Å². The number of carboxylic acid groups (broad SMARTS) is 1. The first kappa shape index (κ1) is 28.2. The van der Waals surface area contributed by atoms with E-state index in [2.05, 4.69) is 4.98 Å². The van der Waals surface area contributed by atoms with Gasteiger partial charge in [-0.25, -0.2) is 0 Å². The summed E-state index contributed by atoms with van der Waals surface area (Å²) in [6.07, 6.45) is 3.07. The average Bonchev–Trinajstić information content (AvgIpc) is 2.99. The van der Waals surface area contributed by atoms with Gasteiger partial charge < -0.3 is 20.0 Å². The van der Waals surface area contributed by atoms with Gasteiger partial charge in [0, 0.05) is 49.7 Å². The normalized spacial score (nSPS) is 10.6. The van der Waals surface area contributed by atoms with Gasteiger partial charge in [0.1, 0.15) is 0 Å². The Morgan fingerprint density at radius 2 is 1.18 bits per heavy atom. The topological polar surface area (TPSA) is 111 Å². The SMILES string of the molecule is O=C(O)CCN(Cc1cccnc1)C(=O)c1ccccc1-c1ccccc1C(=O)N(CCO)Cc1ccccc1. The molecule has 0 atom stereocenters. The molecular formula is C32H31N3O5. The molecule has 0 aliphatic carbocycles. The summed E-state index contributed by atoms with van der Waals surface area (Å²) in [5, 5.41) is 19.0. The molecule has 0 spiro atoms. The number of aliphatic hydroxyl groups is 1. The molecule has 3 aromatic carbocycles. The third-order valence-electron chi connectivity index (χ3n) is 6.46. The number of carbonyl (C=O) groups is 3. The van der Waals surface area contributed by atoms with Crippen molar-refractivity contribution in [2.24, 2.45) is 0 Å². The fraction of sp³-hybridized carbons (Fsp3) is 0.188. The molecule has 2 N–H and O–H groups in total. The van der Waals surface area contributed by atoms with Crippen LogP contribution in [0.15, 0.2) is 103 Å². The molecule has 4 rings (SSSR count). The lowest BCUT2D eigenvalue weighted by molar-refractivity contribution is -0.137. The zero-order valence-corrected chi connectivity index (χ0v) is 22.0. The maximum absolute atomic E-state index is 13.9. The summed E-state index contributed by atoms with van der Waals surface area (Å²) in [5.74, 6) is -1.62. The molecule has 1 heterocycles. The summed E-state index contributed by atoms with van der Waals surface area (Å²) >= 11 is 0. The number of carboxylic acids is 1. The van der Waals surface area contributed by atoms with Gasteiger partial charge in [-0.2, -0.15) is 0 Å². The van der Waals surface area contributed by atoms with E-state index in [1.807, 2.05) is 36.4 Å². The van der Waals surface area contributed by atoms with E-state index in [-0.39, 0.29) is 44.5 Å². The predicted octanol–water partition coefficient (Wildman–Crippen LogP) is 4.50. The van der Waals surface area contributed by atoms with E-state index < -0.39 is 5.97 Å². The summed E-state index contributed by atoms with van der Waals surface area (Å²) in [7, 11) is 0. The first-order valence-electron chi connectivity index (χ1n) is 13.0. The quantitative estimate of drug-likeness (QED) is 0.275. The standard InChI is InChI=1S/C32H31N3O5/c36-20-19-35(22-24-9-2-1-3-10-24)32(40)29-15-7-5-13-27(29)26-12-4-6-14-28(26)31(39)34(18-16-30(37)38)23-25-11-8-17-33-21-25/h1-15,17,21,36H,16,18-20,22-23H2,(H,37,38). The number of pyridine rings is 1. The number of benzene rings is 3. The second-order valence-corrected chi connectivity index (χ2v) is 9.26. The molecule has 0 aliphatic heterocycles. The number of carbonyl (C=O) groups excluding carboxylic acids is 2. The highest BCUT2D eigenvalue weighted by atomic mass is 16.4. The Morgan fingerprint density at radius 3 is 1.73 bits per heavy atom. The molecule has 0 radical (unpaired) electrons. The van der Waals surface area contributed by atoms with Gasteiger partial charge in [-0.15, -0.1) is 0 Å². The zero-order valence-electron chi connectivity index (χ0n) is 22.0. The maximum atomic E-state index is 13.9. The predicted molar refractivity (Wildman–Crippen MR) is 151 cm³/mol. The van der Waals surface area contributed by atoms with Crippen molar-refractivity contribution >= 4 is 17.8 Å². The third-order valence-corrected chi connectivity index (χ3v) is 6.46. The zero-order chi connectivity index (χ0) is 28.3. The van der Waals surface area contributed by atoms with Gasteiger partial charge in [0.15, 0.2) is 0 Å². The van der Waals surface area contributed by atoms with Crippen LogP contribution < -0.4 is 0 Å². The fourth-order valence-electron chi connectivity index (χ4n) is 4.52. The van der Waals surface area contributed by atoms with Crippen LogP contribution in [0.4, 0.5) is 0 Å². The van der Waals surface area contributed by atoms with Gasteiger partial charge in [-0.3, -0.25) is 19.4 Å². The van der Waals surface area contributed by atoms with Crippen LogP contribution in [0, 0.1) is 0 Å². The molecule has 0 saturated carbocycles. The molecule has 1 aromatic heterocycles. The van der Waals surface area contributed by atoms with Gasteiger partial charge in [0.25, 0.3) is 11.8 Å². The minimum atomic E-state index is -1.00. The molecule has 0 saturated heterocycles. The van der Waals surface area contributed by atoms with Crippen molar-refractivity contribution in [2.75, 3.05) is 19.7 Å². The number of rotatable bonds is 12. The van der Waals surface area contributed by atoms with Crippen LogP contribution in [0.2, 0.25) is 0 Å². The van der Waals surface area contributed by atoms with Crippen LogP contribution in [0.1, 0.15) is 38.3 Å². The van der Waals surface area contributed by atoms with E-state index in [1.54, 1.807) is 71.9 Å². The first-order chi connectivity index (χ1) is 19.5. The largest absolute Gasteiger partial charge is 0.481 e. The first-order valence-corrected chi connectivity index (χ1v) is 13.0. The molecule has 0 aliphatic rings. The van der Waals surface area contributed by atoms with Crippen LogP contribution >= 0.6 is 0 Å². The Balaban J connectivity index is 1.70. The van der Waals surface area contributed by atoms with Gasteiger partial charge in [-0.05, 0) is 40.5 Å². The Morgan fingerprint density at radius 1 is 0.650 bits per heavy atom. The van der Waals surface area contributed by atoms with Crippen molar-refractivity contribution in [3.63, 3.8) is 0 Å². The van der Waals surface area contributed by atoms with E-state index in [1.165, 1.54) is 4.90 Å². The van der Waals surface area contributed by atoms with Crippen molar-refractivity contribution in [3.05, 3.63) is 126 Å². The van der Waals surface area contributed by atoms with Crippen molar-refractivity contribution in [1.82, 2.24) is 14.8 Å². The molecule has 40 heavy (non-hydrogen) atoms. The minimum absolute atomic E-state index is 0.0132. The van der Waals surface area contributed by atoms with Crippen molar-refractivity contribution in [2.45, 2.75) is 19.5 Å². The van der Waals surface area contributed by atoms with Crippen LogP contribution in [-0.2, 0) is 17.9 Å². The van der Waals surface area contributed by atoms with Crippen LogP contribution in [0.5, 0.6) is 0 Å². The summed E-state index contributed by atoms with van der Waals surface area (Å²) in [5.41, 5.74) is 3.60. The molecule has 0 bridgehead atoms. The summed E-state index contributed by atoms with van der Waals surface area (Å²) < 4.78 is 0. The Hall–Kier alpha value is -4.82. The molecule has 2 amide bonds. The summed E-state index contributed by atoms with van der Waals surface area (Å²) in [4.78, 5) is 46.3. The van der Waals surface area contributed by atoms with Gasteiger partial charge >= 0.3 is 5.97 Å². The van der Waals surface area contributed by atoms with Crippen molar-refractivity contribution in [1.29, 1.82) is 0 Å². The van der Waals surface area contributed by atoms with Gasteiger partial charge in [-0.1, -0.05) is 72.8 Å². The van der Waals surface area contributed by atoms with Crippen molar-refractivity contribution in [3.8, 4) is 11.1 Å². The van der Waals surface area contributed by atoms with E-state index in [4.69, 9.17) is 0 Å². The molecule has 0 unspecified atom stereocenters. The summed E-state index contributed by atoms with van der Waals surface area (Å²) in [6.45, 7) is 0.484. The molecule has 8 heteroatoms. The van der Waals surface area contributed by atoms with E-state index in [0.717, 1.165) is 11.1 Å². The number of aliphatic carboxylic acids is 1. The second-order valence-electron chi connectivity index (χ2n) is 9.26. The number of nitrogens with zero attached hydrogens (tertiary/aromatic N) is 3. The lowest BCUT2D eigenvalue weighted by Gasteiger charge is -2.25. The highest BCUT2D eigenvalue weighted by Crippen LogP contribution is 2.30. The lowest BCUT2D eigenvalue weighted by atomic mass is 9.93. The minimum Gasteiger partial charge on any atom is -0.481 e. The highest BCUT2D eigenvalue weighted by molar-refractivity contribution is 6.06. The number of hydrogen-bond acceptors (Lipinski definition) is 5. The Labute approximate surface area is 233 Å².